The summed E-state index contributed by atoms with van der Waals surface area (Å²) in [5.41, 5.74) is 0.621. The number of esters is 1. The van der Waals surface area contributed by atoms with Gasteiger partial charge in [0.05, 0.1) is 18.1 Å². The van der Waals surface area contributed by atoms with E-state index >= 15 is 0 Å². The minimum Gasteiger partial charge on any atom is -0.465 e. The number of ether oxygens (including phenoxy) is 1. The monoisotopic (exact) mass is 382 g/mol. The fourth-order valence-corrected chi connectivity index (χ4v) is 2.43. The molecule has 128 valence electrons. The number of aliphatic hydroxyl groups excluding tert-OH is 1. The van der Waals surface area contributed by atoms with Crippen LogP contribution in [-0.4, -0.2) is 23.8 Å². The maximum Gasteiger partial charge on any atom is 0.311 e. The number of hydrogen-bond donors (Lipinski definition) is 1. The lowest BCUT2D eigenvalue weighted by atomic mass is 9.97. The van der Waals surface area contributed by atoms with Crippen LogP contribution in [0, 0.1) is 5.41 Å². The van der Waals surface area contributed by atoms with Crippen molar-refractivity contribution in [2.24, 2.45) is 5.41 Å². The van der Waals surface area contributed by atoms with E-state index in [1.165, 1.54) is 0 Å². The van der Waals surface area contributed by atoms with E-state index in [4.69, 9.17) is 4.74 Å². The summed E-state index contributed by atoms with van der Waals surface area (Å²) in [7, 11) is 0. The van der Waals surface area contributed by atoms with Crippen molar-refractivity contribution in [3.8, 4) is 0 Å². The lowest BCUT2D eigenvalue weighted by Gasteiger charge is -2.16. The lowest BCUT2D eigenvalue weighted by molar-refractivity contribution is -0.153. The molecule has 4 heteroatoms. The van der Waals surface area contributed by atoms with Crippen LogP contribution in [0.4, 0.5) is 0 Å². The molecule has 23 heavy (non-hydrogen) atoms. The van der Waals surface area contributed by atoms with Crippen molar-refractivity contribution in [2.75, 3.05) is 6.61 Å². The van der Waals surface area contributed by atoms with E-state index in [0.29, 0.717) is 13.0 Å². The van der Waals surface area contributed by atoms with Gasteiger partial charge in [0.25, 0.3) is 0 Å². The smallest absolute Gasteiger partial charge is 0.311 e. The van der Waals surface area contributed by atoms with E-state index in [1.54, 1.807) is 0 Å². The fraction of sp³-hybridized carbons (Fsp3) is 0.526. The third kappa shape index (κ3) is 8.33. The van der Waals surface area contributed by atoms with Crippen LogP contribution in [0.1, 0.15) is 52.0 Å². The van der Waals surface area contributed by atoms with Crippen molar-refractivity contribution < 1.29 is 14.6 Å². The van der Waals surface area contributed by atoms with E-state index in [1.807, 2.05) is 57.2 Å². The molecule has 0 aliphatic carbocycles. The van der Waals surface area contributed by atoms with Gasteiger partial charge in [-0.1, -0.05) is 52.7 Å². The van der Waals surface area contributed by atoms with Gasteiger partial charge in [0.2, 0.25) is 0 Å². The predicted octanol–water partition coefficient (Wildman–Crippen LogP) is 4.93. The number of unbranched alkanes of at least 4 members (excludes halogenated alkanes) is 2. The number of carbonyl (C=O) groups excluding carboxylic acids is 1. The first-order valence-electron chi connectivity index (χ1n) is 8.08. The molecule has 0 fully saturated rings. The fourth-order valence-electron chi connectivity index (χ4n) is 1.94. The topological polar surface area (TPSA) is 46.5 Å². The molecule has 1 aromatic rings. The van der Waals surface area contributed by atoms with Gasteiger partial charge in [-0.2, -0.15) is 0 Å². The minimum absolute atomic E-state index is 0.161. The van der Waals surface area contributed by atoms with Crippen LogP contribution in [0.15, 0.2) is 34.8 Å². The van der Waals surface area contributed by atoms with Crippen molar-refractivity contribution in [2.45, 2.75) is 52.6 Å². The van der Waals surface area contributed by atoms with Gasteiger partial charge < -0.3 is 9.84 Å². The van der Waals surface area contributed by atoms with E-state index in [0.717, 1.165) is 29.3 Å². The molecule has 1 N–H and O–H groups in total. The van der Waals surface area contributed by atoms with Crippen molar-refractivity contribution in [3.63, 3.8) is 0 Å². The summed E-state index contributed by atoms with van der Waals surface area (Å²) >= 11 is 3.45. The molecule has 0 heterocycles. The first-order valence-corrected chi connectivity index (χ1v) is 8.87. The van der Waals surface area contributed by atoms with E-state index in [9.17, 15) is 9.90 Å². The van der Waals surface area contributed by atoms with Gasteiger partial charge in [-0.25, -0.2) is 0 Å². The quantitative estimate of drug-likeness (QED) is 0.511. The largest absolute Gasteiger partial charge is 0.465 e. The first-order chi connectivity index (χ1) is 10.8. The predicted molar refractivity (Wildman–Crippen MR) is 98.2 cm³/mol. The third-order valence-corrected chi connectivity index (χ3v) is 4.15. The lowest BCUT2D eigenvalue weighted by Crippen LogP contribution is -2.23. The van der Waals surface area contributed by atoms with Crippen LogP contribution < -0.4 is 0 Å². The Morgan fingerprint density at radius 1 is 1.22 bits per heavy atom. The van der Waals surface area contributed by atoms with Crippen molar-refractivity contribution in [1.29, 1.82) is 0 Å². The molecule has 0 amide bonds. The van der Waals surface area contributed by atoms with E-state index < -0.39 is 11.5 Å². The molecule has 0 aliphatic heterocycles. The Morgan fingerprint density at radius 3 is 2.48 bits per heavy atom. The average Bonchev–Trinajstić information content (AvgIpc) is 2.50. The number of hydrogen-bond acceptors (Lipinski definition) is 3. The summed E-state index contributed by atoms with van der Waals surface area (Å²) in [6, 6.07) is 9.90. The molecule has 0 aliphatic rings. The summed E-state index contributed by atoms with van der Waals surface area (Å²) in [6.45, 7) is 6.00. The molecule has 1 atom stereocenters. The third-order valence-electron chi connectivity index (χ3n) is 3.39. The zero-order valence-electron chi connectivity index (χ0n) is 14.2. The Labute approximate surface area is 147 Å². The SMILES string of the molecule is CC(C)(C)C(=O)OCCCCC[C@H](O)/C(Br)=C/c1ccccc1. The summed E-state index contributed by atoms with van der Waals surface area (Å²) in [5, 5.41) is 10.1. The van der Waals surface area contributed by atoms with Crippen LogP contribution >= 0.6 is 15.9 Å². The van der Waals surface area contributed by atoms with E-state index in [2.05, 4.69) is 15.9 Å². The van der Waals surface area contributed by atoms with Crippen LogP contribution in [0.25, 0.3) is 6.08 Å². The summed E-state index contributed by atoms with van der Waals surface area (Å²) in [5.74, 6) is -0.161. The Bertz CT molecular complexity index is 503. The number of aliphatic hydroxyl groups is 1. The molecule has 0 bridgehead atoms. The highest BCUT2D eigenvalue weighted by atomic mass is 79.9. The Kier molecular flexibility index (Phi) is 8.56. The normalized spacial score (nSPS) is 13.7. The molecular weight excluding hydrogens is 356 g/mol. The zero-order chi connectivity index (χ0) is 17.3. The molecule has 0 saturated heterocycles. The minimum atomic E-state index is -0.493. The summed E-state index contributed by atoms with van der Waals surface area (Å²) in [4.78, 5) is 11.6. The van der Waals surface area contributed by atoms with Crippen LogP contribution in [0.3, 0.4) is 0 Å². The summed E-state index contributed by atoms with van der Waals surface area (Å²) < 4.78 is 6.01. The first kappa shape index (κ1) is 19.9. The molecule has 0 spiro atoms. The van der Waals surface area contributed by atoms with Gasteiger partial charge >= 0.3 is 5.97 Å². The number of carbonyl (C=O) groups is 1. The highest BCUT2D eigenvalue weighted by molar-refractivity contribution is 9.11. The molecular formula is C19H27BrO3. The van der Waals surface area contributed by atoms with Gasteiger partial charge in [-0.05, 0) is 51.7 Å². The van der Waals surface area contributed by atoms with Crippen molar-refractivity contribution in [3.05, 3.63) is 40.4 Å². The van der Waals surface area contributed by atoms with Gasteiger partial charge in [0.15, 0.2) is 0 Å². The maximum atomic E-state index is 11.6. The summed E-state index contributed by atoms with van der Waals surface area (Å²) in [6.07, 6.45) is 4.79. The second-order valence-electron chi connectivity index (χ2n) is 6.69. The Hall–Kier alpha value is -1.13. The van der Waals surface area contributed by atoms with Crippen molar-refractivity contribution in [1.82, 2.24) is 0 Å². The van der Waals surface area contributed by atoms with Crippen LogP contribution in [-0.2, 0) is 9.53 Å². The second kappa shape index (κ2) is 9.89. The van der Waals surface area contributed by atoms with Crippen LogP contribution in [0.5, 0.6) is 0 Å². The molecule has 1 rings (SSSR count). The highest BCUT2D eigenvalue weighted by Gasteiger charge is 2.22. The standard InChI is InChI=1S/C19H27BrO3/c1-19(2,3)18(22)23-13-9-5-8-12-17(21)16(20)14-15-10-6-4-7-11-15/h4,6-7,10-11,14,17,21H,5,8-9,12-13H2,1-3H3/b16-14-/t17-/m0/s1. The Morgan fingerprint density at radius 2 is 1.87 bits per heavy atom. The number of benzene rings is 1. The molecule has 3 nitrogen and oxygen atoms in total. The van der Waals surface area contributed by atoms with E-state index in [-0.39, 0.29) is 5.97 Å². The van der Waals surface area contributed by atoms with Gasteiger partial charge in [0, 0.05) is 4.48 Å². The zero-order valence-corrected chi connectivity index (χ0v) is 15.8. The molecule has 0 unspecified atom stereocenters. The second-order valence-corrected chi connectivity index (χ2v) is 7.61. The number of halogens is 1. The molecule has 0 radical (unpaired) electrons. The number of rotatable bonds is 8. The average molecular weight is 383 g/mol. The van der Waals surface area contributed by atoms with Gasteiger partial charge in [0.1, 0.15) is 0 Å². The molecule has 1 aromatic carbocycles. The van der Waals surface area contributed by atoms with Crippen LogP contribution in [0.2, 0.25) is 0 Å². The molecule has 0 saturated carbocycles. The Balaban J connectivity index is 2.20. The van der Waals surface area contributed by atoms with Crippen molar-refractivity contribution >= 4 is 28.0 Å². The van der Waals surface area contributed by atoms with Gasteiger partial charge in [-0.3, -0.25) is 4.79 Å². The highest BCUT2D eigenvalue weighted by Crippen LogP contribution is 2.20. The van der Waals surface area contributed by atoms with Gasteiger partial charge in [-0.15, -0.1) is 0 Å². The molecule has 0 aromatic heterocycles. The maximum absolute atomic E-state index is 11.6.